The summed E-state index contributed by atoms with van der Waals surface area (Å²) in [6.07, 6.45) is 0. The molecule has 0 saturated carbocycles. The van der Waals surface area contributed by atoms with E-state index in [1.165, 1.54) is 0 Å². The average Bonchev–Trinajstić information content (AvgIpc) is 2.70. The second-order valence-electron chi connectivity index (χ2n) is 4.08. The van der Waals surface area contributed by atoms with E-state index >= 15 is 0 Å². The molecular formula is C13H16BrN3OS. The largest absolute Gasteiger partial charge is 0.493 e. The summed E-state index contributed by atoms with van der Waals surface area (Å²) in [6.45, 7) is 2.65. The highest BCUT2D eigenvalue weighted by atomic mass is 79.9. The van der Waals surface area contributed by atoms with E-state index in [0.29, 0.717) is 6.61 Å². The Balaban J connectivity index is 1.69. The molecule has 1 aromatic carbocycles. The Morgan fingerprint density at radius 3 is 2.89 bits per heavy atom. The zero-order valence-corrected chi connectivity index (χ0v) is 13.4. The number of aryl methyl sites for hydroxylation is 1. The van der Waals surface area contributed by atoms with Gasteiger partial charge in [-0.1, -0.05) is 22.0 Å². The van der Waals surface area contributed by atoms with Gasteiger partial charge < -0.3 is 9.30 Å². The van der Waals surface area contributed by atoms with E-state index in [9.17, 15) is 0 Å². The van der Waals surface area contributed by atoms with E-state index in [0.717, 1.165) is 33.4 Å². The van der Waals surface area contributed by atoms with Crippen LogP contribution in [0, 0.1) is 6.92 Å². The molecular weight excluding hydrogens is 326 g/mol. The van der Waals surface area contributed by atoms with Crippen LogP contribution in [-0.2, 0) is 12.8 Å². The Morgan fingerprint density at radius 1 is 1.37 bits per heavy atom. The van der Waals surface area contributed by atoms with Crippen LogP contribution in [0.5, 0.6) is 5.75 Å². The van der Waals surface area contributed by atoms with Crippen molar-refractivity contribution in [3.05, 3.63) is 40.4 Å². The van der Waals surface area contributed by atoms with E-state index in [2.05, 4.69) is 26.1 Å². The lowest BCUT2D eigenvalue weighted by Gasteiger charge is -2.06. The lowest BCUT2D eigenvalue weighted by atomic mass is 10.3. The van der Waals surface area contributed by atoms with E-state index < -0.39 is 0 Å². The molecule has 1 aromatic heterocycles. The quantitative estimate of drug-likeness (QED) is 0.756. The molecule has 0 fully saturated rings. The van der Waals surface area contributed by atoms with Crippen molar-refractivity contribution in [2.45, 2.75) is 12.7 Å². The van der Waals surface area contributed by atoms with Crippen LogP contribution >= 0.6 is 27.7 Å². The number of nitrogens with zero attached hydrogens (tertiary/aromatic N) is 3. The first kappa shape index (κ1) is 14.4. The molecule has 4 nitrogen and oxygen atoms in total. The molecule has 19 heavy (non-hydrogen) atoms. The van der Waals surface area contributed by atoms with Crippen molar-refractivity contribution in [1.82, 2.24) is 14.8 Å². The van der Waals surface area contributed by atoms with Crippen LogP contribution in [0.4, 0.5) is 0 Å². The number of ether oxygens (including phenoxy) is 1. The highest BCUT2D eigenvalue weighted by Gasteiger charge is 2.04. The van der Waals surface area contributed by atoms with E-state index in [-0.39, 0.29) is 0 Å². The maximum atomic E-state index is 5.67. The summed E-state index contributed by atoms with van der Waals surface area (Å²) in [5.41, 5.74) is 0. The summed E-state index contributed by atoms with van der Waals surface area (Å²) in [6, 6.07) is 7.88. The molecule has 2 rings (SSSR count). The molecule has 0 unspecified atom stereocenters. The van der Waals surface area contributed by atoms with Crippen molar-refractivity contribution < 1.29 is 4.74 Å². The average molecular weight is 342 g/mol. The van der Waals surface area contributed by atoms with Crippen LogP contribution in [0.25, 0.3) is 0 Å². The number of hydrogen-bond acceptors (Lipinski definition) is 4. The minimum Gasteiger partial charge on any atom is -0.493 e. The van der Waals surface area contributed by atoms with Crippen molar-refractivity contribution in [1.29, 1.82) is 0 Å². The Bertz CT molecular complexity index is 544. The Labute approximate surface area is 125 Å². The zero-order valence-electron chi connectivity index (χ0n) is 11.0. The fraction of sp³-hybridized carbons (Fsp3) is 0.385. The van der Waals surface area contributed by atoms with Crippen molar-refractivity contribution in [2.24, 2.45) is 7.05 Å². The Morgan fingerprint density at radius 2 is 2.21 bits per heavy atom. The maximum Gasteiger partial charge on any atom is 0.142 e. The van der Waals surface area contributed by atoms with Gasteiger partial charge in [-0.2, -0.15) is 11.8 Å². The van der Waals surface area contributed by atoms with Crippen molar-refractivity contribution >= 4 is 27.7 Å². The Hall–Kier alpha value is -1.01. The van der Waals surface area contributed by atoms with Gasteiger partial charge in [-0.3, -0.25) is 0 Å². The first-order valence-corrected chi connectivity index (χ1v) is 7.92. The van der Waals surface area contributed by atoms with Gasteiger partial charge in [-0.05, 0) is 25.1 Å². The van der Waals surface area contributed by atoms with Gasteiger partial charge in [0.05, 0.1) is 12.4 Å². The molecule has 0 aliphatic carbocycles. The number of benzene rings is 1. The fourth-order valence-corrected chi connectivity index (χ4v) is 2.67. The van der Waals surface area contributed by atoms with Gasteiger partial charge in [0.2, 0.25) is 0 Å². The van der Waals surface area contributed by atoms with E-state index in [4.69, 9.17) is 4.74 Å². The van der Waals surface area contributed by atoms with Gasteiger partial charge >= 0.3 is 0 Å². The Kier molecular flexibility index (Phi) is 5.27. The molecule has 0 bridgehead atoms. The predicted molar refractivity (Wildman–Crippen MR) is 81.5 cm³/mol. The molecule has 0 spiro atoms. The number of aromatic nitrogens is 3. The molecule has 0 N–H and O–H groups in total. The SMILES string of the molecule is Cc1nnc(CSCCOc2cccc(Br)c2)n1C. The highest BCUT2D eigenvalue weighted by molar-refractivity contribution is 9.10. The van der Waals surface area contributed by atoms with Crippen molar-refractivity contribution in [3.63, 3.8) is 0 Å². The fourth-order valence-electron chi connectivity index (χ4n) is 1.52. The number of hydrogen-bond donors (Lipinski definition) is 0. The number of thioether (sulfide) groups is 1. The molecule has 0 saturated heterocycles. The van der Waals surface area contributed by atoms with Gasteiger partial charge in [-0.15, -0.1) is 10.2 Å². The van der Waals surface area contributed by atoms with E-state index in [1.807, 2.05) is 42.8 Å². The lowest BCUT2D eigenvalue weighted by Crippen LogP contribution is -2.02. The predicted octanol–water partition coefficient (Wildman–Crippen LogP) is 3.20. The molecule has 0 aliphatic rings. The van der Waals surface area contributed by atoms with Crippen molar-refractivity contribution in [3.8, 4) is 5.75 Å². The summed E-state index contributed by atoms with van der Waals surface area (Å²) in [4.78, 5) is 0. The third-order valence-electron chi connectivity index (χ3n) is 2.71. The van der Waals surface area contributed by atoms with Crippen LogP contribution in [0.1, 0.15) is 11.6 Å². The second-order valence-corrected chi connectivity index (χ2v) is 6.10. The van der Waals surface area contributed by atoms with Crippen LogP contribution < -0.4 is 4.74 Å². The van der Waals surface area contributed by atoms with Crippen LogP contribution in [-0.4, -0.2) is 27.1 Å². The van der Waals surface area contributed by atoms with Gasteiger partial charge in [0.25, 0.3) is 0 Å². The van der Waals surface area contributed by atoms with Crippen LogP contribution in [0.15, 0.2) is 28.7 Å². The van der Waals surface area contributed by atoms with Crippen LogP contribution in [0.2, 0.25) is 0 Å². The molecule has 2 aromatic rings. The monoisotopic (exact) mass is 341 g/mol. The van der Waals surface area contributed by atoms with Crippen LogP contribution in [0.3, 0.4) is 0 Å². The third-order valence-corrected chi connectivity index (χ3v) is 4.12. The molecule has 102 valence electrons. The minimum atomic E-state index is 0.692. The standard InChI is InChI=1S/C13H16BrN3OS/c1-10-15-16-13(17(10)2)9-19-7-6-18-12-5-3-4-11(14)8-12/h3-5,8H,6-7,9H2,1-2H3. The lowest BCUT2D eigenvalue weighted by molar-refractivity contribution is 0.343. The number of halogens is 1. The molecule has 1 heterocycles. The van der Waals surface area contributed by atoms with E-state index in [1.54, 1.807) is 11.8 Å². The number of rotatable bonds is 6. The molecule has 0 atom stereocenters. The topological polar surface area (TPSA) is 39.9 Å². The summed E-state index contributed by atoms with van der Waals surface area (Å²) < 4.78 is 8.72. The summed E-state index contributed by atoms with van der Waals surface area (Å²) in [5.74, 6) is 4.63. The second kappa shape index (κ2) is 6.96. The normalized spacial score (nSPS) is 10.7. The molecule has 0 amide bonds. The van der Waals surface area contributed by atoms with Gasteiger partial charge in [0.15, 0.2) is 0 Å². The summed E-state index contributed by atoms with van der Waals surface area (Å²) >= 11 is 5.22. The third kappa shape index (κ3) is 4.24. The first-order chi connectivity index (χ1) is 9.16. The van der Waals surface area contributed by atoms with Gasteiger partial charge in [0, 0.05) is 17.3 Å². The maximum absolute atomic E-state index is 5.67. The smallest absolute Gasteiger partial charge is 0.142 e. The molecule has 0 radical (unpaired) electrons. The summed E-state index contributed by atoms with van der Waals surface area (Å²) in [7, 11) is 1.99. The highest BCUT2D eigenvalue weighted by Crippen LogP contribution is 2.18. The van der Waals surface area contributed by atoms with Gasteiger partial charge in [-0.25, -0.2) is 0 Å². The summed E-state index contributed by atoms with van der Waals surface area (Å²) in [5, 5.41) is 8.16. The minimum absolute atomic E-state index is 0.692. The van der Waals surface area contributed by atoms with Crippen molar-refractivity contribution in [2.75, 3.05) is 12.4 Å². The molecule has 0 aliphatic heterocycles. The first-order valence-electron chi connectivity index (χ1n) is 5.98. The van der Waals surface area contributed by atoms with Gasteiger partial charge in [0.1, 0.15) is 17.4 Å². The zero-order chi connectivity index (χ0) is 13.7. The molecule has 6 heteroatoms.